The van der Waals surface area contributed by atoms with E-state index in [1.807, 2.05) is 0 Å². The van der Waals surface area contributed by atoms with Gasteiger partial charge in [-0.2, -0.15) is 0 Å². The topological polar surface area (TPSA) is 89.8 Å². The highest BCUT2D eigenvalue weighted by Crippen LogP contribution is 2.28. The molecular weight excluding hydrogens is 344 g/mol. The average Bonchev–Trinajstić information content (AvgIpc) is 2.59. The molecule has 0 atom stereocenters. The Labute approximate surface area is 146 Å². The molecule has 0 saturated carbocycles. The van der Waals surface area contributed by atoms with Crippen LogP contribution in [0.3, 0.4) is 0 Å². The first-order valence-electron chi connectivity index (χ1n) is 7.35. The minimum atomic E-state index is -3.94. The second-order valence-corrected chi connectivity index (χ2v) is 7.21. The van der Waals surface area contributed by atoms with Gasteiger partial charge in [0.1, 0.15) is 12.4 Å². The second kappa shape index (κ2) is 7.35. The molecule has 2 aromatic rings. The Morgan fingerprint density at radius 2 is 1.88 bits per heavy atom. The van der Waals surface area contributed by atoms with Crippen molar-refractivity contribution in [2.24, 2.45) is 0 Å². The summed E-state index contributed by atoms with van der Waals surface area (Å²) in [6, 6.07) is 10.3. The van der Waals surface area contributed by atoms with Gasteiger partial charge in [-0.3, -0.25) is 14.4 Å². The number of sulfonamides is 1. The zero-order valence-corrected chi connectivity index (χ0v) is 14.7. The van der Waals surface area contributed by atoms with Crippen LogP contribution in [0.25, 0.3) is 0 Å². The standard InChI is InChI=1S/C17H18N2O5S/c1-4-11-24-16-9-7-14(8-10-16)18(3)25(22,23)17-12-15(19(20)21)6-5-13(17)2/h4-10,12H,1,11H2,2-3H3. The predicted octanol–water partition coefficient (Wildman–Crippen LogP) is 3.29. The lowest BCUT2D eigenvalue weighted by Crippen LogP contribution is -2.27. The summed E-state index contributed by atoms with van der Waals surface area (Å²) in [6.07, 6.45) is 1.61. The molecule has 2 aromatic carbocycles. The van der Waals surface area contributed by atoms with E-state index in [9.17, 15) is 18.5 Å². The van der Waals surface area contributed by atoms with Crippen LogP contribution in [0.2, 0.25) is 0 Å². The smallest absolute Gasteiger partial charge is 0.270 e. The Kier molecular flexibility index (Phi) is 5.43. The van der Waals surface area contributed by atoms with Crippen LogP contribution in [-0.4, -0.2) is 27.0 Å². The van der Waals surface area contributed by atoms with Gasteiger partial charge in [0.05, 0.1) is 15.5 Å². The molecule has 0 radical (unpaired) electrons. The minimum Gasteiger partial charge on any atom is -0.490 e. The molecule has 0 aliphatic carbocycles. The van der Waals surface area contributed by atoms with Gasteiger partial charge in [-0.15, -0.1) is 0 Å². The highest BCUT2D eigenvalue weighted by atomic mass is 32.2. The van der Waals surface area contributed by atoms with Gasteiger partial charge in [0.2, 0.25) is 0 Å². The van der Waals surface area contributed by atoms with E-state index in [-0.39, 0.29) is 10.6 Å². The summed E-state index contributed by atoms with van der Waals surface area (Å²) in [6.45, 7) is 5.50. The molecule has 0 heterocycles. The number of non-ortho nitro benzene ring substituents is 1. The molecule has 0 saturated heterocycles. The van der Waals surface area contributed by atoms with E-state index in [0.29, 0.717) is 23.6 Å². The number of aryl methyl sites for hydroxylation is 1. The number of rotatable bonds is 7. The van der Waals surface area contributed by atoms with Gasteiger partial charge in [-0.1, -0.05) is 18.7 Å². The normalized spacial score (nSPS) is 11.0. The van der Waals surface area contributed by atoms with E-state index in [1.54, 1.807) is 37.3 Å². The summed E-state index contributed by atoms with van der Waals surface area (Å²) < 4.78 is 32.1. The summed E-state index contributed by atoms with van der Waals surface area (Å²) in [7, 11) is -2.54. The van der Waals surface area contributed by atoms with Gasteiger partial charge in [-0.05, 0) is 36.8 Å². The molecule has 0 spiro atoms. The van der Waals surface area contributed by atoms with Gasteiger partial charge in [0, 0.05) is 19.2 Å². The fourth-order valence-electron chi connectivity index (χ4n) is 2.17. The molecule has 0 aliphatic heterocycles. The van der Waals surface area contributed by atoms with E-state index < -0.39 is 14.9 Å². The Morgan fingerprint density at radius 1 is 1.24 bits per heavy atom. The van der Waals surface area contributed by atoms with Crippen LogP contribution in [0, 0.1) is 17.0 Å². The summed E-state index contributed by atoms with van der Waals surface area (Å²) in [5.41, 5.74) is 0.575. The third kappa shape index (κ3) is 3.97. The number of ether oxygens (including phenoxy) is 1. The van der Waals surface area contributed by atoms with Crippen LogP contribution in [0.4, 0.5) is 11.4 Å². The number of benzene rings is 2. The van der Waals surface area contributed by atoms with E-state index in [4.69, 9.17) is 4.74 Å². The van der Waals surface area contributed by atoms with Gasteiger partial charge in [0.15, 0.2) is 0 Å². The molecule has 0 amide bonds. The molecular formula is C17H18N2O5S. The second-order valence-electron chi connectivity index (χ2n) is 5.27. The largest absolute Gasteiger partial charge is 0.490 e. The fraction of sp³-hybridized carbons (Fsp3) is 0.176. The quantitative estimate of drug-likeness (QED) is 0.428. The Morgan fingerprint density at radius 3 is 2.44 bits per heavy atom. The van der Waals surface area contributed by atoms with Crippen LogP contribution >= 0.6 is 0 Å². The highest BCUT2D eigenvalue weighted by Gasteiger charge is 2.25. The molecule has 7 nitrogen and oxygen atoms in total. The first-order valence-corrected chi connectivity index (χ1v) is 8.79. The van der Waals surface area contributed by atoms with Crippen LogP contribution in [0.1, 0.15) is 5.56 Å². The number of hydrogen-bond acceptors (Lipinski definition) is 5. The van der Waals surface area contributed by atoms with Crippen molar-refractivity contribution in [3.8, 4) is 5.75 Å². The first-order chi connectivity index (χ1) is 11.8. The highest BCUT2D eigenvalue weighted by molar-refractivity contribution is 7.92. The van der Waals surface area contributed by atoms with Crippen molar-refractivity contribution in [2.45, 2.75) is 11.8 Å². The molecule has 0 aliphatic rings. The van der Waals surface area contributed by atoms with Crippen molar-refractivity contribution in [1.82, 2.24) is 0 Å². The monoisotopic (exact) mass is 362 g/mol. The zero-order valence-electron chi connectivity index (χ0n) is 13.9. The number of anilines is 1. The van der Waals surface area contributed by atoms with Crippen LogP contribution in [0.5, 0.6) is 5.75 Å². The lowest BCUT2D eigenvalue weighted by molar-refractivity contribution is -0.385. The van der Waals surface area contributed by atoms with Crippen molar-refractivity contribution < 1.29 is 18.1 Å². The van der Waals surface area contributed by atoms with Crippen molar-refractivity contribution in [3.05, 3.63) is 70.8 Å². The number of nitro benzene ring substituents is 1. The molecule has 25 heavy (non-hydrogen) atoms. The first kappa shape index (κ1) is 18.5. The molecule has 0 fully saturated rings. The lowest BCUT2D eigenvalue weighted by Gasteiger charge is -2.20. The van der Waals surface area contributed by atoms with Crippen LogP contribution in [0.15, 0.2) is 60.0 Å². The number of nitrogens with zero attached hydrogens (tertiary/aromatic N) is 2. The van der Waals surface area contributed by atoms with E-state index in [2.05, 4.69) is 6.58 Å². The molecule has 0 aromatic heterocycles. The summed E-state index contributed by atoms with van der Waals surface area (Å²) >= 11 is 0. The van der Waals surface area contributed by atoms with Gasteiger partial charge in [-0.25, -0.2) is 8.42 Å². The van der Waals surface area contributed by atoms with Crippen molar-refractivity contribution in [3.63, 3.8) is 0 Å². The Bertz CT molecular complexity index is 892. The number of nitro groups is 1. The van der Waals surface area contributed by atoms with E-state index in [0.717, 1.165) is 10.4 Å². The minimum absolute atomic E-state index is 0.101. The molecule has 0 unspecified atom stereocenters. The Hall–Kier alpha value is -2.87. The predicted molar refractivity (Wildman–Crippen MR) is 95.6 cm³/mol. The van der Waals surface area contributed by atoms with Crippen molar-refractivity contribution in [1.29, 1.82) is 0 Å². The molecule has 0 N–H and O–H groups in total. The molecule has 132 valence electrons. The van der Waals surface area contributed by atoms with Gasteiger partial charge in [0.25, 0.3) is 15.7 Å². The van der Waals surface area contributed by atoms with Crippen molar-refractivity contribution in [2.75, 3.05) is 18.0 Å². The van der Waals surface area contributed by atoms with Gasteiger partial charge < -0.3 is 4.74 Å². The van der Waals surface area contributed by atoms with E-state index in [1.165, 1.54) is 19.2 Å². The maximum Gasteiger partial charge on any atom is 0.270 e. The summed E-state index contributed by atoms with van der Waals surface area (Å²) in [5, 5.41) is 10.9. The summed E-state index contributed by atoms with van der Waals surface area (Å²) in [5.74, 6) is 0.584. The molecule has 2 rings (SSSR count). The van der Waals surface area contributed by atoms with Crippen LogP contribution < -0.4 is 9.04 Å². The average molecular weight is 362 g/mol. The maximum absolute atomic E-state index is 12.8. The maximum atomic E-state index is 12.8. The lowest BCUT2D eigenvalue weighted by atomic mass is 10.2. The third-order valence-electron chi connectivity index (χ3n) is 3.59. The van der Waals surface area contributed by atoms with Crippen molar-refractivity contribution >= 4 is 21.4 Å². The Balaban J connectivity index is 2.37. The summed E-state index contributed by atoms with van der Waals surface area (Å²) in [4.78, 5) is 10.2. The zero-order chi connectivity index (χ0) is 18.6. The van der Waals surface area contributed by atoms with E-state index >= 15 is 0 Å². The third-order valence-corrected chi connectivity index (χ3v) is 5.52. The van der Waals surface area contributed by atoms with Gasteiger partial charge >= 0.3 is 0 Å². The SMILES string of the molecule is C=CCOc1ccc(N(C)S(=O)(=O)c2cc([N+](=O)[O-])ccc2C)cc1. The molecule has 0 bridgehead atoms. The fourth-order valence-corrected chi connectivity index (χ4v) is 3.61. The number of hydrogen-bond donors (Lipinski definition) is 0. The van der Waals surface area contributed by atoms with Crippen LogP contribution in [-0.2, 0) is 10.0 Å². The molecule has 8 heteroatoms.